The lowest BCUT2D eigenvalue weighted by atomic mass is 10.1. The van der Waals surface area contributed by atoms with Gasteiger partial charge < -0.3 is 20.6 Å². The maximum Gasteiger partial charge on any atom is 0.248 e. The van der Waals surface area contributed by atoms with Crippen molar-refractivity contribution in [3.8, 4) is 0 Å². The molecule has 0 spiro atoms. The number of nitrogens with zero attached hydrogens (tertiary/aromatic N) is 3. The highest BCUT2D eigenvalue weighted by molar-refractivity contribution is 6.01. The predicted octanol–water partition coefficient (Wildman–Crippen LogP) is 2.83. The van der Waals surface area contributed by atoms with Crippen LogP contribution in [0.15, 0.2) is 67.0 Å². The minimum Gasteiger partial charge on any atom is -0.394 e. The first kappa shape index (κ1) is 20.4. The molecule has 2 aromatic carbocycles. The normalized spacial score (nSPS) is 12.4. The molecule has 7 heteroatoms. The molecule has 0 aliphatic rings. The number of anilines is 2. The van der Waals surface area contributed by atoms with E-state index in [4.69, 9.17) is 0 Å². The summed E-state index contributed by atoms with van der Waals surface area (Å²) in [7, 11) is 3.88. The summed E-state index contributed by atoms with van der Waals surface area (Å²) in [6.45, 7) is 0.609. The van der Waals surface area contributed by atoms with Crippen LogP contribution in [0.2, 0.25) is 0 Å². The number of likely N-dealkylation sites (N-methyl/N-ethyl adjacent to an activating group) is 1. The van der Waals surface area contributed by atoms with E-state index in [9.17, 15) is 9.90 Å². The molecule has 29 heavy (non-hydrogen) atoms. The van der Waals surface area contributed by atoms with E-state index in [2.05, 4.69) is 20.6 Å². The van der Waals surface area contributed by atoms with E-state index in [0.717, 1.165) is 16.5 Å². The van der Waals surface area contributed by atoms with Crippen LogP contribution in [0.3, 0.4) is 0 Å². The topological polar surface area (TPSA) is 90.4 Å². The maximum atomic E-state index is 12.1. The molecule has 1 unspecified atom stereocenters. The number of carbonyl (C=O) groups excluding carboxylic acids is 1. The molecule has 1 heterocycles. The van der Waals surface area contributed by atoms with Crippen molar-refractivity contribution in [3.63, 3.8) is 0 Å². The Morgan fingerprint density at radius 3 is 2.69 bits per heavy atom. The van der Waals surface area contributed by atoms with Crippen molar-refractivity contribution < 1.29 is 9.90 Å². The summed E-state index contributed by atoms with van der Waals surface area (Å²) in [4.78, 5) is 22.7. The fourth-order valence-corrected chi connectivity index (χ4v) is 2.89. The second-order valence-corrected chi connectivity index (χ2v) is 6.90. The lowest BCUT2D eigenvalue weighted by Gasteiger charge is -2.18. The lowest BCUT2D eigenvalue weighted by Crippen LogP contribution is -2.16. The van der Waals surface area contributed by atoms with Crippen molar-refractivity contribution in [1.29, 1.82) is 0 Å². The van der Waals surface area contributed by atoms with E-state index in [1.54, 1.807) is 12.1 Å². The summed E-state index contributed by atoms with van der Waals surface area (Å²) in [5.74, 6) is 0.396. The van der Waals surface area contributed by atoms with Crippen molar-refractivity contribution in [2.75, 3.05) is 37.9 Å². The zero-order valence-electron chi connectivity index (χ0n) is 16.5. The Kier molecular flexibility index (Phi) is 6.89. The molecular weight excluding hydrogens is 366 g/mol. The summed E-state index contributed by atoms with van der Waals surface area (Å²) in [5.41, 5.74) is 2.35. The highest BCUT2D eigenvalue weighted by Crippen LogP contribution is 2.26. The van der Waals surface area contributed by atoms with Gasteiger partial charge in [0, 0.05) is 23.7 Å². The van der Waals surface area contributed by atoms with Gasteiger partial charge in [-0.2, -0.15) is 0 Å². The standard InChI is InChI=1S/C22H25N5O2/c1-27(2)12-6-9-21(29)25-17-10-11-19-18(13-17)22(24-15-23-19)26-20(14-28)16-7-4-3-5-8-16/h3-11,13,15,20,28H,12,14H2,1-2H3,(H,25,29)(H,23,24,26). The van der Waals surface area contributed by atoms with Gasteiger partial charge in [0.05, 0.1) is 18.2 Å². The van der Waals surface area contributed by atoms with Crippen LogP contribution in [0.25, 0.3) is 10.9 Å². The number of fused-ring (bicyclic) bond motifs is 1. The molecule has 0 aliphatic heterocycles. The van der Waals surface area contributed by atoms with E-state index in [1.165, 1.54) is 12.4 Å². The molecule has 1 aromatic heterocycles. The molecule has 0 saturated heterocycles. The quantitative estimate of drug-likeness (QED) is 0.512. The second kappa shape index (κ2) is 9.77. The van der Waals surface area contributed by atoms with E-state index in [1.807, 2.05) is 61.5 Å². The van der Waals surface area contributed by atoms with Crippen LogP contribution in [0, 0.1) is 0 Å². The van der Waals surface area contributed by atoms with Gasteiger partial charge in [-0.3, -0.25) is 4.79 Å². The van der Waals surface area contributed by atoms with Gasteiger partial charge in [0.1, 0.15) is 12.1 Å². The Morgan fingerprint density at radius 2 is 1.97 bits per heavy atom. The number of aromatic nitrogens is 2. The monoisotopic (exact) mass is 391 g/mol. The van der Waals surface area contributed by atoms with Gasteiger partial charge in [-0.05, 0) is 37.9 Å². The van der Waals surface area contributed by atoms with Crippen molar-refractivity contribution >= 4 is 28.3 Å². The fraction of sp³-hybridized carbons (Fsp3) is 0.227. The van der Waals surface area contributed by atoms with Crippen molar-refractivity contribution in [2.45, 2.75) is 6.04 Å². The SMILES string of the molecule is CN(C)CC=CC(=O)Nc1ccc2ncnc(NC(CO)c3ccccc3)c2c1. The summed E-state index contributed by atoms with van der Waals surface area (Å²) in [5, 5.41) is 16.7. The smallest absolute Gasteiger partial charge is 0.248 e. The minimum atomic E-state index is -0.304. The number of carbonyl (C=O) groups is 1. The third-order valence-corrected chi connectivity index (χ3v) is 4.34. The zero-order chi connectivity index (χ0) is 20.6. The summed E-state index contributed by atoms with van der Waals surface area (Å²) < 4.78 is 0. The van der Waals surface area contributed by atoms with Gasteiger partial charge in [0.2, 0.25) is 5.91 Å². The van der Waals surface area contributed by atoms with Gasteiger partial charge in [-0.1, -0.05) is 36.4 Å². The average Bonchev–Trinajstić information content (AvgIpc) is 2.72. The number of aliphatic hydroxyl groups excluding tert-OH is 1. The highest BCUT2D eigenvalue weighted by Gasteiger charge is 2.13. The van der Waals surface area contributed by atoms with Crippen molar-refractivity contribution in [1.82, 2.24) is 14.9 Å². The molecular formula is C22H25N5O2. The number of amides is 1. The number of nitrogens with one attached hydrogen (secondary N) is 2. The predicted molar refractivity (Wildman–Crippen MR) is 116 cm³/mol. The largest absolute Gasteiger partial charge is 0.394 e. The molecule has 0 radical (unpaired) electrons. The Balaban J connectivity index is 1.82. The molecule has 3 aromatic rings. The molecule has 7 nitrogen and oxygen atoms in total. The van der Waals surface area contributed by atoms with Gasteiger partial charge in [0.25, 0.3) is 0 Å². The fourth-order valence-electron chi connectivity index (χ4n) is 2.89. The number of hydrogen-bond donors (Lipinski definition) is 3. The van der Waals surface area contributed by atoms with E-state index >= 15 is 0 Å². The Morgan fingerprint density at radius 1 is 1.17 bits per heavy atom. The molecule has 0 bridgehead atoms. The number of hydrogen-bond acceptors (Lipinski definition) is 6. The molecule has 3 N–H and O–H groups in total. The number of aliphatic hydroxyl groups is 1. The number of rotatable bonds is 8. The lowest BCUT2D eigenvalue weighted by molar-refractivity contribution is -0.111. The summed E-state index contributed by atoms with van der Waals surface area (Å²) >= 11 is 0. The first-order valence-corrected chi connectivity index (χ1v) is 9.36. The third kappa shape index (κ3) is 5.60. The molecule has 0 aliphatic carbocycles. The van der Waals surface area contributed by atoms with Crippen LogP contribution in [0.1, 0.15) is 11.6 Å². The van der Waals surface area contributed by atoms with E-state index in [0.29, 0.717) is 18.1 Å². The van der Waals surface area contributed by atoms with Crippen LogP contribution in [-0.2, 0) is 4.79 Å². The van der Waals surface area contributed by atoms with Crippen LogP contribution in [-0.4, -0.2) is 53.1 Å². The van der Waals surface area contributed by atoms with Crippen LogP contribution < -0.4 is 10.6 Å². The Bertz CT molecular complexity index is 989. The average molecular weight is 391 g/mol. The number of benzene rings is 2. The molecule has 1 atom stereocenters. The highest BCUT2D eigenvalue weighted by atomic mass is 16.3. The first-order chi connectivity index (χ1) is 14.1. The van der Waals surface area contributed by atoms with Gasteiger partial charge >= 0.3 is 0 Å². The van der Waals surface area contributed by atoms with Crippen LogP contribution >= 0.6 is 0 Å². The zero-order valence-corrected chi connectivity index (χ0v) is 16.5. The van der Waals surface area contributed by atoms with E-state index < -0.39 is 0 Å². The van der Waals surface area contributed by atoms with Crippen molar-refractivity contribution in [2.24, 2.45) is 0 Å². The van der Waals surface area contributed by atoms with Gasteiger partial charge in [0.15, 0.2) is 0 Å². The third-order valence-electron chi connectivity index (χ3n) is 4.34. The molecule has 0 saturated carbocycles. The molecule has 150 valence electrons. The summed E-state index contributed by atoms with van der Waals surface area (Å²) in [6.07, 6.45) is 4.80. The van der Waals surface area contributed by atoms with Crippen molar-refractivity contribution in [3.05, 3.63) is 72.6 Å². The first-order valence-electron chi connectivity index (χ1n) is 9.36. The van der Waals surface area contributed by atoms with Crippen LogP contribution in [0.4, 0.5) is 11.5 Å². The molecule has 3 rings (SSSR count). The maximum absolute atomic E-state index is 12.1. The minimum absolute atomic E-state index is 0.0807. The Labute approximate surface area is 170 Å². The van der Waals surface area contributed by atoms with Gasteiger partial charge in [-0.25, -0.2) is 9.97 Å². The van der Waals surface area contributed by atoms with Crippen LogP contribution in [0.5, 0.6) is 0 Å². The molecule has 0 fully saturated rings. The van der Waals surface area contributed by atoms with E-state index in [-0.39, 0.29) is 18.6 Å². The Hall–Kier alpha value is -3.29. The molecule has 1 amide bonds. The van der Waals surface area contributed by atoms with Gasteiger partial charge in [-0.15, -0.1) is 0 Å². The summed E-state index contributed by atoms with van der Waals surface area (Å²) in [6, 6.07) is 14.8. The second-order valence-electron chi connectivity index (χ2n) is 6.90.